The zero-order valence-electron chi connectivity index (χ0n) is 27.9. The van der Waals surface area contributed by atoms with Gasteiger partial charge in [-0.2, -0.15) is 0 Å². The summed E-state index contributed by atoms with van der Waals surface area (Å²) in [5.41, 5.74) is 11.8. The van der Waals surface area contributed by atoms with Gasteiger partial charge in [0.05, 0.1) is 11.1 Å². The third-order valence-corrected chi connectivity index (χ3v) is 8.16. The summed E-state index contributed by atoms with van der Waals surface area (Å²) in [6.45, 7) is 6.03. The SMILES string of the molecule is CCCCCc1cccc(O)c1C(=O)NNC(=O)CCCCCCCCC(C)C(=O)NNC(=O)c1c(O)cccc1CCCCC. The molecule has 2 rings (SSSR count). The van der Waals surface area contributed by atoms with Crippen LogP contribution in [0.5, 0.6) is 11.5 Å². The quantitative estimate of drug-likeness (QED) is 0.0714. The lowest BCUT2D eigenvalue weighted by Gasteiger charge is -2.15. The molecule has 46 heavy (non-hydrogen) atoms. The molecule has 1 unspecified atom stereocenters. The number of rotatable bonds is 20. The number of aromatic hydroxyl groups is 2. The summed E-state index contributed by atoms with van der Waals surface area (Å²) in [6, 6.07) is 10.0. The van der Waals surface area contributed by atoms with E-state index in [0.717, 1.165) is 81.8 Å². The third kappa shape index (κ3) is 13.5. The Kier molecular flexibility index (Phi) is 17.9. The van der Waals surface area contributed by atoms with Gasteiger partial charge in [0, 0.05) is 12.3 Å². The predicted molar refractivity (Wildman–Crippen MR) is 180 cm³/mol. The minimum Gasteiger partial charge on any atom is -0.507 e. The van der Waals surface area contributed by atoms with Gasteiger partial charge in [-0.1, -0.05) is 103 Å². The lowest BCUT2D eigenvalue weighted by atomic mass is 10.00. The highest BCUT2D eigenvalue weighted by Crippen LogP contribution is 2.24. The number of phenolic OH excluding ortho intramolecular Hbond substituents is 2. The normalized spacial score (nSPS) is 11.5. The Balaban J connectivity index is 1.59. The van der Waals surface area contributed by atoms with Gasteiger partial charge in [-0.15, -0.1) is 0 Å². The lowest BCUT2D eigenvalue weighted by Crippen LogP contribution is -2.44. The number of hydrogen-bond acceptors (Lipinski definition) is 6. The lowest BCUT2D eigenvalue weighted by molar-refractivity contribution is -0.125. The van der Waals surface area contributed by atoms with E-state index in [2.05, 4.69) is 35.6 Å². The van der Waals surface area contributed by atoms with E-state index in [0.29, 0.717) is 25.7 Å². The number of amides is 4. The zero-order valence-corrected chi connectivity index (χ0v) is 27.9. The molecule has 0 aliphatic carbocycles. The molecule has 0 aliphatic heterocycles. The summed E-state index contributed by atoms with van der Waals surface area (Å²) in [5, 5.41) is 20.5. The van der Waals surface area contributed by atoms with E-state index in [9.17, 15) is 29.4 Å². The Hall–Kier alpha value is -4.08. The van der Waals surface area contributed by atoms with Crippen molar-refractivity contribution in [2.75, 3.05) is 0 Å². The van der Waals surface area contributed by atoms with Crippen LogP contribution in [0.25, 0.3) is 0 Å². The van der Waals surface area contributed by atoms with E-state index < -0.39 is 11.8 Å². The van der Waals surface area contributed by atoms with Gasteiger partial charge < -0.3 is 10.2 Å². The highest BCUT2D eigenvalue weighted by atomic mass is 16.3. The van der Waals surface area contributed by atoms with Crippen LogP contribution in [0, 0.1) is 5.92 Å². The molecule has 2 aromatic rings. The number of carbonyl (C=O) groups excluding carboxylic acids is 4. The Labute approximate surface area is 274 Å². The second-order valence-corrected chi connectivity index (χ2v) is 12.0. The number of phenols is 2. The van der Waals surface area contributed by atoms with Crippen LogP contribution < -0.4 is 21.7 Å². The average Bonchev–Trinajstić information content (AvgIpc) is 3.03. The monoisotopic (exact) mass is 638 g/mol. The number of hydrogen-bond donors (Lipinski definition) is 6. The molecule has 0 saturated carbocycles. The number of aryl methyl sites for hydroxylation is 2. The van der Waals surface area contributed by atoms with Crippen molar-refractivity contribution >= 4 is 23.6 Å². The smallest absolute Gasteiger partial charge is 0.273 e. The second-order valence-electron chi connectivity index (χ2n) is 12.0. The molecule has 10 heteroatoms. The molecule has 0 spiro atoms. The molecule has 0 bridgehead atoms. The van der Waals surface area contributed by atoms with E-state index in [-0.39, 0.29) is 46.8 Å². The van der Waals surface area contributed by atoms with Gasteiger partial charge >= 0.3 is 0 Å². The minimum atomic E-state index is -0.524. The van der Waals surface area contributed by atoms with Crippen molar-refractivity contribution in [3.05, 3.63) is 58.7 Å². The standard InChI is InChI=1S/C36H54N4O6/c1-4-6-12-19-27-21-16-23-29(41)32(27)35(45)39-37-31(43)25-15-11-9-8-10-14-18-26(3)34(44)38-40-36(46)33-28(20-13-7-5-2)22-17-24-30(33)42/h16-17,21-24,26,41-42H,4-15,18-20,25H2,1-3H3,(H,37,43)(H,38,44)(H,39,45)(H,40,46). The molecule has 0 aliphatic rings. The first-order valence-electron chi connectivity index (χ1n) is 17.0. The van der Waals surface area contributed by atoms with E-state index in [1.807, 2.05) is 19.1 Å². The molecule has 0 radical (unpaired) electrons. The molecule has 10 nitrogen and oxygen atoms in total. The molecular formula is C36H54N4O6. The van der Waals surface area contributed by atoms with Gasteiger partial charge in [0.1, 0.15) is 11.5 Å². The van der Waals surface area contributed by atoms with Crippen LogP contribution in [0.4, 0.5) is 0 Å². The molecule has 254 valence electrons. The molecule has 4 amide bonds. The van der Waals surface area contributed by atoms with Crippen molar-refractivity contribution < 1.29 is 29.4 Å². The summed E-state index contributed by atoms with van der Waals surface area (Å²) < 4.78 is 0. The average molecular weight is 639 g/mol. The summed E-state index contributed by atoms with van der Waals surface area (Å²) >= 11 is 0. The van der Waals surface area contributed by atoms with Crippen LogP contribution in [0.2, 0.25) is 0 Å². The van der Waals surface area contributed by atoms with Crippen LogP contribution in [-0.4, -0.2) is 33.8 Å². The number of benzene rings is 2. The van der Waals surface area contributed by atoms with Gasteiger partial charge in [0.2, 0.25) is 11.8 Å². The highest BCUT2D eigenvalue weighted by molar-refractivity contribution is 6.00. The van der Waals surface area contributed by atoms with Gasteiger partial charge in [-0.05, 0) is 61.8 Å². The molecule has 1 atom stereocenters. The number of hydrazine groups is 2. The van der Waals surface area contributed by atoms with Crippen molar-refractivity contribution in [3.63, 3.8) is 0 Å². The molecule has 6 N–H and O–H groups in total. The Morgan fingerprint density at radius 2 is 1.09 bits per heavy atom. The number of nitrogens with one attached hydrogen (secondary N) is 4. The molecular weight excluding hydrogens is 584 g/mol. The van der Waals surface area contributed by atoms with Gasteiger partial charge in [-0.3, -0.25) is 40.9 Å². The van der Waals surface area contributed by atoms with Crippen molar-refractivity contribution in [2.45, 2.75) is 124 Å². The van der Waals surface area contributed by atoms with Crippen LogP contribution in [0.3, 0.4) is 0 Å². The third-order valence-electron chi connectivity index (χ3n) is 8.16. The maximum atomic E-state index is 12.7. The number of unbranched alkanes of at least 4 members (excludes halogenated alkanes) is 9. The van der Waals surface area contributed by atoms with Crippen LogP contribution >= 0.6 is 0 Å². The first-order chi connectivity index (χ1) is 22.2. The fourth-order valence-electron chi connectivity index (χ4n) is 5.37. The van der Waals surface area contributed by atoms with Crippen molar-refractivity contribution in [1.82, 2.24) is 21.7 Å². The highest BCUT2D eigenvalue weighted by Gasteiger charge is 2.19. The van der Waals surface area contributed by atoms with Gasteiger partial charge in [0.15, 0.2) is 0 Å². The first-order valence-corrected chi connectivity index (χ1v) is 17.0. The van der Waals surface area contributed by atoms with Crippen molar-refractivity contribution in [2.24, 2.45) is 5.92 Å². The van der Waals surface area contributed by atoms with E-state index in [4.69, 9.17) is 0 Å². The number of carbonyl (C=O) groups is 4. The van der Waals surface area contributed by atoms with Crippen LogP contribution in [0.1, 0.15) is 143 Å². The summed E-state index contributed by atoms with van der Waals surface area (Å²) in [5.74, 6) is -2.08. The molecule has 0 fully saturated rings. The van der Waals surface area contributed by atoms with Crippen molar-refractivity contribution in [1.29, 1.82) is 0 Å². The van der Waals surface area contributed by atoms with Crippen molar-refractivity contribution in [3.8, 4) is 11.5 Å². The fourth-order valence-corrected chi connectivity index (χ4v) is 5.37. The molecule has 0 aromatic heterocycles. The van der Waals surface area contributed by atoms with Crippen LogP contribution in [0.15, 0.2) is 36.4 Å². The minimum absolute atomic E-state index is 0.0988. The maximum Gasteiger partial charge on any atom is 0.273 e. The largest absolute Gasteiger partial charge is 0.507 e. The summed E-state index contributed by atoms with van der Waals surface area (Å²) in [6.07, 6.45) is 13.7. The predicted octanol–water partition coefficient (Wildman–Crippen LogP) is 6.54. The summed E-state index contributed by atoms with van der Waals surface area (Å²) in [7, 11) is 0. The van der Waals surface area contributed by atoms with E-state index in [1.54, 1.807) is 12.1 Å². The van der Waals surface area contributed by atoms with Crippen LogP contribution in [-0.2, 0) is 22.4 Å². The zero-order chi connectivity index (χ0) is 33.7. The summed E-state index contributed by atoms with van der Waals surface area (Å²) in [4.78, 5) is 50.1. The molecule has 2 aromatic carbocycles. The van der Waals surface area contributed by atoms with Gasteiger partial charge in [-0.25, -0.2) is 0 Å². The van der Waals surface area contributed by atoms with Gasteiger partial charge in [0.25, 0.3) is 11.8 Å². The fraction of sp³-hybridized carbons (Fsp3) is 0.556. The molecule has 0 saturated heterocycles. The first kappa shape index (κ1) is 38.1. The Morgan fingerprint density at radius 1 is 0.609 bits per heavy atom. The maximum absolute atomic E-state index is 12.7. The Bertz CT molecular complexity index is 1270. The Morgan fingerprint density at radius 3 is 1.61 bits per heavy atom. The van der Waals surface area contributed by atoms with E-state index in [1.165, 1.54) is 12.1 Å². The second kappa shape index (κ2) is 21.6. The molecule has 0 heterocycles. The topological polar surface area (TPSA) is 157 Å². The van der Waals surface area contributed by atoms with E-state index >= 15 is 0 Å².